The highest BCUT2D eigenvalue weighted by molar-refractivity contribution is 6.40. The number of carbonyl (C=O) groups excluding carboxylic acids is 2. The first-order valence-corrected chi connectivity index (χ1v) is 6.53. The Hall–Kier alpha value is -2.34. The molecule has 2 amide bonds. The van der Waals surface area contributed by atoms with Gasteiger partial charge in [0.2, 0.25) is 0 Å². The van der Waals surface area contributed by atoms with Gasteiger partial charge in [0.1, 0.15) is 0 Å². The predicted octanol–water partition coefficient (Wildman–Crippen LogP) is 4.16. The molecule has 3 rings (SSSR count). The minimum atomic E-state index is -4.74. The number of imide groups is 1. The minimum absolute atomic E-state index is 0.0561. The van der Waals surface area contributed by atoms with Gasteiger partial charge in [0.15, 0.2) is 0 Å². The molecule has 2 aromatic rings. The lowest BCUT2D eigenvalue weighted by Crippen LogP contribution is -2.31. The third-order valence-electron chi connectivity index (χ3n) is 3.31. The highest BCUT2D eigenvalue weighted by Crippen LogP contribution is 2.43. The van der Waals surface area contributed by atoms with Crippen LogP contribution in [0, 0.1) is 0 Å². The van der Waals surface area contributed by atoms with E-state index in [0.717, 1.165) is 12.1 Å². The van der Waals surface area contributed by atoms with Gasteiger partial charge in [-0.3, -0.25) is 9.59 Å². The number of anilines is 1. The fourth-order valence-electron chi connectivity index (χ4n) is 2.36. The Morgan fingerprint density at radius 3 is 1.91 bits per heavy atom. The third kappa shape index (κ3) is 2.07. The molecular weight excluding hydrogens is 319 g/mol. The van der Waals surface area contributed by atoms with Crippen LogP contribution in [0.4, 0.5) is 18.9 Å². The van der Waals surface area contributed by atoms with Crippen molar-refractivity contribution >= 4 is 29.1 Å². The molecule has 0 unspecified atom stereocenters. The van der Waals surface area contributed by atoms with Gasteiger partial charge in [0, 0.05) is 0 Å². The summed E-state index contributed by atoms with van der Waals surface area (Å²) in [5.41, 5.74) is -1.65. The summed E-state index contributed by atoms with van der Waals surface area (Å²) in [7, 11) is 0. The first-order chi connectivity index (χ1) is 10.3. The van der Waals surface area contributed by atoms with Gasteiger partial charge in [-0.05, 0) is 24.3 Å². The Balaban J connectivity index is 2.23. The van der Waals surface area contributed by atoms with E-state index in [0.29, 0.717) is 4.90 Å². The lowest BCUT2D eigenvalue weighted by molar-refractivity contribution is -0.137. The largest absolute Gasteiger partial charge is 0.418 e. The molecule has 0 radical (unpaired) electrons. The number of benzene rings is 2. The van der Waals surface area contributed by atoms with E-state index < -0.39 is 29.2 Å². The molecule has 112 valence electrons. The molecule has 0 N–H and O–H groups in total. The van der Waals surface area contributed by atoms with E-state index in [-0.39, 0.29) is 16.1 Å². The molecule has 22 heavy (non-hydrogen) atoms. The number of carbonyl (C=O) groups is 2. The van der Waals surface area contributed by atoms with Crippen LogP contribution in [0.15, 0.2) is 42.5 Å². The number of halogens is 4. The van der Waals surface area contributed by atoms with Crippen molar-refractivity contribution in [1.82, 2.24) is 0 Å². The fraction of sp³-hybridized carbons (Fsp3) is 0.0667. The van der Waals surface area contributed by atoms with E-state index in [4.69, 9.17) is 11.6 Å². The number of fused-ring (bicyclic) bond motifs is 1. The zero-order valence-electron chi connectivity index (χ0n) is 10.8. The van der Waals surface area contributed by atoms with Crippen molar-refractivity contribution in [2.45, 2.75) is 6.18 Å². The van der Waals surface area contributed by atoms with Gasteiger partial charge >= 0.3 is 6.18 Å². The van der Waals surface area contributed by atoms with Gasteiger partial charge in [-0.2, -0.15) is 13.2 Å². The summed E-state index contributed by atoms with van der Waals surface area (Å²) in [6, 6.07) is 8.95. The van der Waals surface area contributed by atoms with Crippen LogP contribution in [0.25, 0.3) is 0 Å². The Morgan fingerprint density at radius 1 is 0.864 bits per heavy atom. The molecule has 7 heteroatoms. The molecule has 0 aromatic heterocycles. The van der Waals surface area contributed by atoms with Crippen molar-refractivity contribution in [2.24, 2.45) is 0 Å². The zero-order valence-corrected chi connectivity index (χ0v) is 11.6. The Bertz CT molecular complexity index is 767. The first-order valence-electron chi connectivity index (χ1n) is 6.16. The molecule has 3 nitrogen and oxygen atoms in total. The van der Waals surface area contributed by atoms with Gasteiger partial charge in [0.05, 0.1) is 27.4 Å². The molecule has 0 spiro atoms. The maximum atomic E-state index is 13.2. The predicted molar refractivity (Wildman–Crippen MR) is 74.0 cm³/mol. The van der Waals surface area contributed by atoms with Crippen LogP contribution in [-0.4, -0.2) is 11.8 Å². The van der Waals surface area contributed by atoms with Crippen molar-refractivity contribution in [3.8, 4) is 0 Å². The number of rotatable bonds is 1. The second kappa shape index (κ2) is 4.84. The Morgan fingerprint density at radius 2 is 1.41 bits per heavy atom. The number of nitrogens with zero attached hydrogens (tertiary/aromatic N) is 1. The van der Waals surface area contributed by atoms with E-state index >= 15 is 0 Å². The van der Waals surface area contributed by atoms with Crippen molar-refractivity contribution in [1.29, 1.82) is 0 Å². The first kappa shape index (κ1) is 14.6. The summed E-state index contributed by atoms with van der Waals surface area (Å²) < 4.78 is 39.5. The second-order valence-electron chi connectivity index (χ2n) is 4.63. The topological polar surface area (TPSA) is 37.4 Å². The highest BCUT2D eigenvalue weighted by atomic mass is 35.5. The SMILES string of the molecule is O=C1c2ccccc2C(=O)N1c1c(Cl)cccc1C(F)(F)F. The van der Waals surface area contributed by atoms with Gasteiger partial charge in [-0.15, -0.1) is 0 Å². The fourth-order valence-corrected chi connectivity index (χ4v) is 2.62. The number of amides is 2. The smallest absolute Gasteiger partial charge is 0.268 e. The van der Waals surface area contributed by atoms with Crippen LogP contribution in [0.1, 0.15) is 26.3 Å². The normalized spacial score (nSPS) is 14.5. The summed E-state index contributed by atoms with van der Waals surface area (Å²) >= 11 is 5.84. The number of hydrogen-bond donors (Lipinski definition) is 0. The average Bonchev–Trinajstić information content (AvgIpc) is 2.71. The summed E-state index contributed by atoms with van der Waals surface area (Å²) in [5, 5.41) is -0.315. The van der Waals surface area contributed by atoms with E-state index in [9.17, 15) is 22.8 Å². The summed E-state index contributed by atoms with van der Waals surface area (Å²) in [4.78, 5) is 25.1. The molecule has 1 aliphatic rings. The lowest BCUT2D eigenvalue weighted by atomic mass is 10.1. The average molecular weight is 326 g/mol. The van der Waals surface area contributed by atoms with Crippen LogP contribution in [-0.2, 0) is 6.18 Å². The van der Waals surface area contributed by atoms with Gasteiger partial charge in [-0.25, -0.2) is 4.90 Å². The molecular formula is C15H7ClF3NO2. The highest BCUT2D eigenvalue weighted by Gasteiger charge is 2.43. The Kier molecular flexibility index (Phi) is 3.21. The van der Waals surface area contributed by atoms with E-state index in [2.05, 4.69) is 0 Å². The monoisotopic (exact) mass is 325 g/mol. The molecule has 1 heterocycles. The van der Waals surface area contributed by atoms with Crippen LogP contribution in [0.2, 0.25) is 5.02 Å². The molecule has 2 aromatic carbocycles. The summed E-state index contributed by atoms with van der Waals surface area (Å²) in [6.45, 7) is 0. The molecule has 0 fully saturated rings. The third-order valence-corrected chi connectivity index (χ3v) is 3.61. The van der Waals surface area contributed by atoms with Gasteiger partial charge in [-0.1, -0.05) is 29.8 Å². The molecule has 0 atom stereocenters. The number of hydrogen-bond acceptors (Lipinski definition) is 2. The van der Waals surface area contributed by atoms with Gasteiger partial charge in [0.25, 0.3) is 11.8 Å². The standard InChI is InChI=1S/C15H7ClF3NO2/c16-11-7-3-6-10(15(17,18)19)12(11)20-13(21)8-4-1-2-5-9(8)14(20)22/h1-7H. The second-order valence-corrected chi connectivity index (χ2v) is 5.03. The van der Waals surface area contributed by atoms with Gasteiger partial charge < -0.3 is 0 Å². The summed E-state index contributed by atoms with van der Waals surface area (Å²) in [5.74, 6) is -1.64. The van der Waals surface area contributed by atoms with Crippen LogP contribution >= 0.6 is 11.6 Å². The molecule has 0 bridgehead atoms. The van der Waals surface area contributed by atoms with Crippen molar-refractivity contribution in [3.05, 3.63) is 64.2 Å². The van der Waals surface area contributed by atoms with E-state index in [1.807, 2.05) is 0 Å². The minimum Gasteiger partial charge on any atom is -0.268 e. The van der Waals surface area contributed by atoms with E-state index in [1.54, 1.807) is 0 Å². The maximum Gasteiger partial charge on any atom is 0.418 e. The van der Waals surface area contributed by atoms with Crippen LogP contribution < -0.4 is 4.90 Å². The molecule has 1 aliphatic heterocycles. The summed E-state index contributed by atoms with van der Waals surface area (Å²) in [6.07, 6.45) is -4.74. The quantitative estimate of drug-likeness (QED) is 0.738. The lowest BCUT2D eigenvalue weighted by Gasteiger charge is -2.20. The molecule has 0 saturated heterocycles. The van der Waals surface area contributed by atoms with E-state index in [1.165, 1.54) is 30.3 Å². The van der Waals surface area contributed by atoms with Crippen molar-refractivity contribution < 1.29 is 22.8 Å². The Labute approximate surface area is 127 Å². The van der Waals surface area contributed by atoms with Crippen molar-refractivity contribution in [2.75, 3.05) is 4.90 Å². The maximum absolute atomic E-state index is 13.2. The number of para-hydroxylation sites is 1. The van der Waals surface area contributed by atoms with Crippen LogP contribution in [0.3, 0.4) is 0 Å². The molecule has 0 aliphatic carbocycles. The molecule has 0 saturated carbocycles. The number of alkyl halides is 3. The van der Waals surface area contributed by atoms with Crippen LogP contribution in [0.5, 0.6) is 0 Å². The zero-order chi connectivity index (χ0) is 16.1. The van der Waals surface area contributed by atoms with Crippen molar-refractivity contribution in [3.63, 3.8) is 0 Å².